The molecule has 8 heteroatoms. The number of pyridine rings is 1. The van der Waals surface area contributed by atoms with Crippen molar-refractivity contribution in [3.63, 3.8) is 0 Å². The van der Waals surface area contributed by atoms with Crippen molar-refractivity contribution < 1.29 is 9.32 Å². The number of aromatic nitrogens is 5. The van der Waals surface area contributed by atoms with Gasteiger partial charge in [-0.2, -0.15) is 5.10 Å². The van der Waals surface area contributed by atoms with E-state index in [0.717, 1.165) is 50.0 Å². The van der Waals surface area contributed by atoms with Gasteiger partial charge in [0.15, 0.2) is 5.58 Å². The molecule has 0 aliphatic heterocycles. The topological polar surface area (TPSA) is 102 Å². The van der Waals surface area contributed by atoms with E-state index in [4.69, 9.17) is 4.52 Å². The van der Waals surface area contributed by atoms with E-state index in [2.05, 4.69) is 25.5 Å². The van der Waals surface area contributed by atoms with E-state index < -0.39 is 0 Å². The molecule has 1 amide bonds. The maximum Gasteiger partial charge on any atom is 0.244 e. The number of aromatic amines is 1. The Balaban J connectivity index is 1.33. The number of H-pyrrole nitrogens is 1. The minimum atomic E-state index is -0.176. The van der Waals surface area contributed by atoms with Crippen LogP contribution in [-0.2, 0) is 11.8 Å². The summed E-state index contributed by atoms with van der Waals surface area (Å²) in [6.07, 6.45) is 10.7. The average molecular weight is 426 g/mol. The Bertz CT molecular complexity index is 1470. The van der Waals surface area contributed by atoms with E-state index in [1.165, 1.54) is 0 Å². The molecular formula is C24H22N6O2. The number of amides is 1. The maximum absolute atomic E-state index is 12.6. The van der Waals surface area contributed by atoms with E-state index in [-0.39, 0.29) is 11.9 Å². The number of fused-ring (bicyclic) bond motifs is 2. The normalized spacial score (nSPS) is 12.7. The van der Waals surface area contributed by atoms with Crippen LogP contribution in [0.2, 0.25) is 0 Å². The van der Waals surface area contributed by atoms with Crippen LogP contribution in [0.3, 0.4) is 0 Å². The lowest BCUT2D eigenvalue weighted by Gasteiger charge is -2.13. The zero-order valence-electron chi connectivity index (χ0n) is 18.0. The van der Waals surface area contributed by atoms with Gasteiger partial charge in [0.1, 0.15) is 5.65 Å². The number of nitrogens with one attached hydrogen (secondary N) is 2. The predicted octanol–water partition coefficient (Wildman–Crippen LogP) is 4.30. The van der Waals surface area contributed by atoms with Crippen molar-refractivity contribution in [2.75, 3.05) is 0 Å². The Morgan fingerprint density at radius 3 is 2.91 bits per heavy atom. The monoisotopic (exact) mass is 426 g/mol. The highest BCUT2D eigenvalue weighted by atomic mass is 16.5. The molecule has 1 aromatic carbocycles. The summed E-state index contributed by atoms with van der Waals surface area (Å²) in [6.45, 7) is 3.85. The highest BCUT2D eigenvalue weighted by Crippen LogP contribution is 2.25. The molecule has 0 unspecified atom stereocenters. The number of carbonyl (C=O) groups excluding carboxylic acids is 1. The standard InChI is InChI=1S/C24H22N6O2/c1-14(16-4-6-22-20(8-16)15(2)29-32-22)28-23(31)7-5-17-10-25-24-21(17)9-18(11-26-24)19-12-27-30(3)13-19/h4-14H,1-3H3,(H,25,26)(H,28,31)/b7-5+/t14-/m1/s1. The van der Waals surface area contributed by atoms with Crippen LogP contribution in [0, 0.1) is 6.92 Å². The third-order valence-electron chi connectivity index (χ3n) is 5.55. The quantitative estimate of drug-likeness (QED) is 0.408. The molecule has 0 bridgehead atoms. The Labute approximate surface area is 183 Å². The van der Waals surface area contributed by atoms with Gasteiger partial charge in [-0.05, 0) is 43.7 Å². The number of hydrogen-bond donors (Lipinski definition) is 2. The third-order valence-corrected chi connectivity index (χ3v) is 5.55. The van der Waals surface area contributed by atoms with Gasteiger partial charge in [0, 0.05) is 59.2 Å². The van der Waals surface area contributed by atoms with Gasteiger partial charge in [-0.1, -0.05) is 11.2 Å². The Morgan fingerprint density at radius 2 is 2.09 bits per heavy atom. The number of carbonyl (C=O) groups is 1. The second-order valence-corrected chi connectivity index (χ2v) is 7.85. The first-order valence-electron chi connectivity index (χ1n) is 10.3. The first kappa shape index (κ1) is 19.7. The van der Waals surface area contributed by atoms with E-state index in [0.29, 0.717) is 0 Å². The van der Waals surface area contributed by atoms with Gasteiger partial charge < -0.3 is 14.8 Å². The molecule has 0 spiro atoms. The molecule has 4 heterocycles. The largest absolute Gasteiger partial charge is 0.356 e. The number of benzene rings is 1. The molecule has 0 saturated heterocycles. The van der Waals surface area contributed by atoms with Crippen LogP contribution in [-0.4, -0.2) is 30.8 Å². The van der Waals surface area contributed by atoms with Crippen LogP contribution >= 0.6 is 0 Å². The highest BCUT2D eigenvalue weighted by molar-refractivity contribution is 5.96. The van der Waals surface area contributed by atoms with Crippen LogP contribution in [0.5, 0.6) is 0 Å². The zero-order valence-corrected chi connectivity index (χ0v) is 18.0. The van der Waals surface area contributed by atoms with Gasteiger partial charge in [0.25, 0.3) is 0 Å². The molecule has 0 saturated carbocycles. The van der Waals surface area contributed by atoms with Crippen LogP contribution < -0.4 is 5.32 Å². The second kappa shape index (κ2) is 7.81. The van der Waals surface area contributed by atoms with Crippen molar-refractivity contribution in [3.05, 3.63) is 71.9 Å². The molecule has 8 nitrogen and oxygen atoms in total. The fourth-order valence-corrected chi connectivity index (χ4v) is 3.75. The first-order chi connectivity index (χ1) is 15.5. The summed E-state index contributed by atoms with van der Waals surface area (Å²) >= 11 is 0. The number of aryl methyl sites for hydroxylation is 2. The number of hydrogen-bond acceptors (Lipinski definition) is 5. The third kappa shape index (κ3) is 3.66. The van der Waals surface area contributed by atoms with Crippen LogP contribution in [0.4, 0.5) is 0 Å². The summed E-state index contributed by atoms with van der Waals surface area (Å²) < 4.78 is 7.01. The van der Waals surface area contributed by atoms with E-state index in [1.807, 2.05) is 63.8 Å². The summed E-state index contributed by atoms with van der Waals surface area (Å²) in [5.74, 6) is -0.176. The molecule has 0 aliphatic carbocycles. The zero-order chi connectivity index (χ0) is 22.2. The predicted molar refractivity (Wildman–Crippen MR) is 123 cm³/mol. The minimum Gasteiger partial charge on any atom is -0.356 e. The molecule has 0 aliphatic rings. The number of rotatable bonds is 5. The van der Waals surface area contributed by atoms with Crippen LogP contribution in [0.25, 0.3) is 39.2 Å². The fraction of sp³-hybridized carbons (Fsp3) is 0.167. The lowest BCUT2D eigenvalue weighted by Crippen LogP contribution is -2.24. The lowest BCUT2D eigenvalue weighted by molar-refractivity contribution is -0.117. The minimum absolute atomic E-state index is 0.160. The Morgan fingerprint density at radius 1 is 1.22 bits per heavy atom. The fourth-order valence-electron chi connectivity index (χ4n) is 3.75. The Kier molecular flexibility index (Phi) is 4.82. The lowest BCUT2D eigenvalue weighted by atomic mass is 10.1. The smallest absolute Gasteiger partial charge is 0.244 e. The van der Waals surface area contributed by atoms with Crippen LogP contribution in [0.1, 0.15) is 29.8 Å². The van der Waals surface area contributed by atoms with E-state index in [1.54, 1.807) is 23.0 Å². The molecule has 0 radical (unpaired) electrons. The van der Waals surface area contributed by atoms with Crippen molar-refractivity contribution in [2.24, 2.45) is 7.05 Å². The van der Waals surface area contributed by atoms with Gasteiger partial charge in [-0.3, -0.25) is 9.48 Å². The van der Waals surface area contributed by atoms with E-state index >= 15 is 0 Å². The Hall–Kier alpha value is -4.20. The summed E-state index contributed by atoms with van der Waals surface area (Å²) in [6, 6.07) is 7.70. The van der Waals surface area contributed by atoms with Gasteiger partial charge >= 0.3 is 0 Å². The average Bonchev–Trinajstić information content (AvgIpc) is 3.50. The van der Waals surface area contributed by atoms with Crippen molar-refractivity contribution in [1.82, 2.24) is 30.2 Å². The second-order valence-electron chi connectivity index (χ2n) is 7.85. The van der Waals surface area contributed by atoms with Gasteiger partial charge in [0.05, 0.1) is 17.9 Å². The van der Waals surface area contributed by atoms with Gasteiger partial charge in [-0.25, -0.2) is 4.98 Å². The first-order valence-corrected chi connectivity index (χ1v) is 10.3. The van der Waals surface area contributed by atoms with Gasteiger partial charge in [0.2, 0.25) is 5.91 Å². The molecule has 160 valence electrons. The molecule has 0 fully saturated rings. The van der Waals surface area contributed by atoms with Crippen molar-refractivity contribution in [3.8, 4) is 11.1 Å². The SMILES string of the molecule is Cc1noc2ccc([C@@H](C)NC(=O)/C=C/c3c[nH]c4ncc(-c5cnn(C)c5)cc34)cc12. The molecule has 32 heavy (non-hydrogen) atoms. The van der Waals surface area contributed by atoms with E-state index in [9.17, 15) is 4.79 Å². The molecule has 5 aromatic rings. The molecule has 2 N–H and O–H groups in total. The van der Waals surface area contributed by atoms with Crippen molar-refractivity contribution >= 4 is 34.0 Å². The summed E-state index contributed by atoms with van der Waals surface area (Å²) in [4.78, 5) is 20.2. The maximum atomic E-state index is 12.6. The molecular weight excluding hydrogens is 404 g/mol. The number of nitrogens with zero attached hydrogens (tertiary/aromatic N) is 4. The van der Waals surface area contributed by atoms with Gasteiger partial charge in [-0.15, -0.1) is 0 Å². The molecule has 4 aromatic heterocycles. The summed E-state index contributed by atoms with van der Waals surface area (Å²) in [5, 5.41) is 13.1. The highest BCUT2D eigenvalue weighted by Gasteiger charge is 2.12. The summed E-state index contributed by atoms with van der Waals surface area (Å²) in [5.41, 5.74) is 6.18. The van der Waals surface area contributed by atoms with Crippen molar-refractivity contribution in [2.45, 2.75) is 19.9 Å². The molecule has 5 rings (SSSR count). The summed E-state index contributed by atoms with van der Waals surface area (Å²) in [7, 11) is 1.88. The van der Waals surface area contributed by atoms with Crippen LogP contribution in [0.15, 0.2) is 59.7 Å². The van der Waals surface area contributed by atoms with Crippen molar-refractivity contribution in [1.29, 1.82) is 0 Å². The molecule has 1 atom stereocenters.